The van der Waals surface area contributed by atoms with Crippen LogP contribution in [0.5, 0.6) is 0 Å². The van der Waals surface area contributed by atoms with E-state index in [-0.39, 0.29) is 10.6 Å². The minimum Gasteiger partial charge on any atom is -0.319 e. The average Bonchev–Trinajstić information content (AvgIpc) is 2.16. The Hall–Kier alpha value is -1.27. The molecule has 0 aromatic heterocycles. The molecule has 0 aliphatic carbocycles. The zero-order chi connectivity index (χ0) is 11.6. The van der Waals surface area contributed by atoms with Crippen molar-refractivity contribution in [3.63, 3.8) is 0 Å². The third-order valence-corrected chi connectivity index (χ3v) is 2.16. The molecule has 0 aliphatic heterocycles. The highest BCUT2D eigenvalue weighted by atomic mass is 35.5. The van der Waals surface area contributed by atoms with E-state index in [1.807, 2.05) is 0 Å². The highest BCUT2D eigenvalue weighted by molar-refractivity contribution is 6.31. The van der Waals surface area contributed by atoms with Crippen LogP contribution in [0.2, 0.25) is 5.02 Å². The number of nitro benzene ring substituents is 1. The Kier molecular flexibility index (Phi) is 3.54. The summed E-state index contributed by atoms with van der Waals surface area (Å²) in [5.74, 6) is 0. The van der Waals surface area contributed by atoms with Gasteiger partial charge in [-0.1, -0.05) is 17.7 Å². The van der Waals surface area contributed by atoms with Gasteiger partial charge in [0.15, 0.2) is 0 Å². The summed E-state index contributed by atoms with van der Waals surface area (Å²) in [5.41, 5.74) is 4.31. The maximum absolute atomic E-state index is 12.3. The van der Waals surface area contributed by atoms with Gasteiger partial charge in [0.25, 0.3) is 12.1 Å². The number of hydrogen-bond acceptors (Lipinski definition) is 3. The smallest absolute Gasteiger partial charge is 0.275 e. The summed E-state index contributed by atoms with van der Waals surface area (Å²) in [6.07, 6.45) is -2.90. The van der Waals surface area contributed by atoms with Crippen molar-refractivity contribution in [1.29, 1.82) is 0 Å². The van der Waals surface area contributed by atoms with Crippen LogP contribution in [0.15, 0.2) is 18.2 Å². The largest absolute Gasteiger partial charge is 0.319 e. The third-order valence-electron chi connectivity index (χ3n) is 1.83. The van der Waals surface area contributed by atoms with Crippen LogP contribution < -0.4 is 5.73 Å². The van der Waals surface area contributed by atoms with Crippen LogP contribution in [-0.4, -0.2) is 11.3 Å². The zero-order valence-corrected chi connectivity index (χ0v) is 8.12. The molecule has 82 valence electrons. The molecule has 0 radical (unpaired) electrons. The van der Waals surface area contributed by atoms with Crippen molar-refractivity contribution in [1.82, 2.24) is 0 Å². The zero-order valence-electron chi connectivity index (χ0n) is 7.36. The molecule has 1 atom stereocenters. The minimum absolute atomic E-state index is 0.128. The van der Waals surface area contributed by atoms with Gasteiger partial charge >= 0.3 is 0 Å². The SMILES string of the molecule is NC(c1c(Cl)cccc1[N+](=O)[O-])C(F)F. The number of benzene rings is 1. The Labute approximate surface area is 88.8 Å². The van der Waals surface area contributed by atoms with Crippen molar-refractivity contribution in [2.45, 2.75) is 12.5 Å². The quantitative estimate of drug-likeness (QED) is 0.648. The average molecular weight is 237 g/mol. The summed E-state index contributed by atoms with van der Waals surface area (Å²) >= 11 is 5.59. The number of hydrogen-bond donors (Lipinski definition) is 1. The van der Waals surface area contributed by atoms with Crippen LogP contribution in [0.25, 0.3) is 0 Å². The van der Waals surface area contributed by atoms with E-state index in [0.717, 1.165) is 6.07 Å². The number of halogens is 3. The molecule has 0 fully saturated rings. The molecule has 0 saturated carbocycles. The molecule has 2 N–H and O–H groups in total. The van der Waals surface area contributed by atoms with Gasteiger partial charge in [-0.15, -0.1) is 0 Å². The Morgan fingerprint density at radius 1 is 1.47 bits per heavy atom. The molecule has 0 amide bonds. The molecule has 0 heterocycles. The second kappa shape index (κ2) is 4.50. The summed E-state index contributed by atoms with van der Waals surface area (Å²) in [4.78, 5) is 9.76. The predicted molar refractivity (Wildman–Crippen MR) is 51.0 cm³/mol. The lowest BCUT2D eigenvalue weighted by Crippen LogP contribution is -2.20. The maximum atomic E-state index is 12.3. The van der Waals surface area contributed by atoms with E-state index in [9.17, 15) is 18.9 Å². The van der Waals surface area contributed by atoms with Gasteiger partial charge in [0, 0.05) is 6.07 Å². The second-order valence-corrected chi connectivity index (χ2v) is 3.20. The Morgan fingerprint density at radius 2 is 2.07 bits per heavy atom. The number of rotatable bonds is 3. The molecule has 0 bridgehead atoms. The summed E-state index contributed by atoms with van der Waals surface area (Å²) in [7, 11) is 0. The van der Waals surface area contributed by atoms with E-state index in [1.54, 1.807) is 0 Å². The lowest BCUT2D eigenvalue weighted by molar-refractivity contribution is -0.385. The van der Waals surface area contributed by atoms with E-state index in [2.05, 4.69) is 0 Å². The van der Waals surface area contributed by atoms with Crippen LogP contribution in [0.3, 0.4) is 0 Å². The predicted octanol–water partition coefficient (Wildman–Crippen LogP) is 2.51. The van der Waals surface area contributed by atoms with Crippen molar-refractivity contribution in [2.75, 3.05) is 0 Å². The fraction of sp³-hybridized carbons (Fsp3) is 0.250. The summed E-state index contributed by atoms with van der Waals surface area (Å²) < 4.78 is 24.7. The van der Waals surface area contributed by atoms with Gasteiger partial charge < -0.3 is 5.73 Å². The van der Waals surface area contributed by atoms with Gasteiger partial charge in [0.05, 0.1) is 21.6 Å². The van der Waals surface area contributed by atoms with Crippen molar-refractivity contribution in [3.05, 3.63) is 38.9 Å². The van der Waals surface area contributed by atoms with Gasteiger partial charge in [-0.2, -0.15) is 0 Å². The molecular formula is C8H7ClF2N2O2. The summed E-state index contributed by atoms with van der Waals surface area (Å²) in [6.45, 7) is 0. The molecule has 4 nitrogen and oxygen atoms in total. The lowest BCUT2D eigenvalue weighted by atomic mass is 10.1. The van der Waals surface area contributed by atoms with Crippen LogP contribution in [-0.2, 0) is 0 Å². The number of nitrogens with zero attached hydrogens (tertiary/aromatic N) is 1. The van der Waals surface area contributed by atoms with Crippen LogP contribution in [0, 0.1) is 10.1 Å². The van der Waals surface area contributed by atoms with E-state index in [1.165, 1.54) is 12.1 Å². The van der Waals surface area contributed by atoms with Crippen LogP contribution >= 0.6 is 11.6 Å². The van der Waals surface area contributed by atoms with Crippen molar-refractivity contribution >= 4 is 17.3 Å². The van der Waals surface area contributed by atoms with E-state index in [4.69, 9.17) is 17.3 Å². The first-order valence-electron chi connectivity index (χ1n) is 3.91. The third kappa shape index (κ3) is 2.40. The van der Waals surface area contributed by atoms with Gasteiger partial charge in [-0.05, 0) is 6.07 Å². The van der Waals surface area contributed by atoms with Gasteiger partial charge in [0.1, 0.15) is 0 Å². The van der Waals surface area contributed by atoms with Crippen molar-refractivity contribution < 1.29 is 13.7 Å². The van der Waals surface area contributed by atoms with Gasteiger partial charge in [-0.25, -0.2) is 8.78 Å². The van der Waals surface area contributed by atoms with Crippen molar-refractivity contribution in [2.24, 2.45) is 5.73 Å². The van der Waals surface area contributed by atoms with Crippen LogP contribution in [0.4, 0.5) is 14.5 Å². The second-order valence-electron chi connectivity index (χ2n) is 2.79. The first-order valence-corrected chi connectivity index (χ1v) is 4.29. The first kappa shape index (κ1) is 11.8. The first-order chi connectivity index (χ1) is 6.95. The number of nitro groups is 1. The normalized spacial score (nSPS) is 12.9. The summed E-state index contributed by atoms with van der Waals surface area (Å²) in [6, 6.07) is 1.93. The van der Waals surface area contributed by atoms with E-state index < -0.39 is 23.1 Å². The molecule has 0 saturated heterocycles. The molecule has 1 aromatic carbocycles. The fourth-order valence-electron chi connectivity index (χ4n) is 1.14. The maximum Gasteiger partial charge on any atom is 0.275 e. The highest BCUT2D eigenvalue weighted by Crippen LogP contribution is 2.33. The number of alkyl halides is 2. The fourth-order valence-corrected chi connectivity index (χ4v) is 1.44. The number of nitrogens with two attached hydrogens (primary N) is 1. The topological polar surface area (TPSA) is 69.2 Å². The van der Waals surface area contributed by atoms with E-state index >= 15 is 0 Å². The summed E-state index contributed by atoms with van der Waals surface area (Å²) in [5, 5.41) is 10.4. The van der Waals surface area contributed by atoms with Crippen molar-refractivity contribution in [3.8, 4) is 0 Å². The molecule has 15 heavy (non-hydrogen) atoms. The highest BCUT2D eigenvalue weighted by Gasteiger charge is 2.28. The van der Waals surface area contributed by atoms with Gasteiger partial charge in [0.2, 0.25) is 0 Å². The Morgan fingerprint density at radius 3 is 2.53 bits per heavy atom. The van der Waals surface area contributed by atoms with E-state index in [0.29, 0.717) is 0 Å². The molecule has 7 heteroatoms. The Bertz CT molecular complexity index is 387. The molecule has 0 spiro atoms. The molecule has 0 aliphatic rings. The monoisotopic (exact) mass is 236 g/mol. The lowest BCUT2D eigenvalue weighted by Gasteiger charge is -2.12. The van der Waals surface area contributed by atoms with Crippen LogP contribution in [0.1, 0.15) is 11.6 Å². The molecule has 1 rings (SSSR count). The molecule has 1 unspecified atom stereocenters. The van der Waals surface area contributed by atoms with Gasteiger partial charge in [-0.3, -0.25) is 10.1 Å². The standard InChI is InChI=1S/C8H7ClF2N2O2/c9-4-2-1-3-5(13(14)15)6(4)7(12)8(10)11/h1-3,7-8H,12H2. The minimum atomic E-state index is -2.90. The molecule has 1 aromatic rings. The Balaban J connectivity index is 3.30. The molecular weight excluding hydrogens is 230 g/mol.